The van der Waals surface area contributed by atoms with Crippen LogP contribution in [0.15, 0.2) is 54.6 Å². The number of rotatable bonds is 5. The number of amides is 2. The van der Waals surface area contributed by atoms with E-state index >= 15 is 0 Å². The first-order valence-corrected chi connectivity index (χ1v) is 7.95. The van der Waals surface area contributed by atoms with Gasteiger partial charge in [0.25, 0.3) is 5.91 Å². The molecule has 1 aliphatic rings. The Hall–Kier alpha value is -3.02. The first-order valence-electron chi connectivity index (χ1n) is 7.95. The van der Waals surface area contributed by atoms with E-state index < -0.39 is 17.7 Å². The number of carbonyl (C=O) groups is 3. The van der Waals surface area contributed by atoms with E-state index in [0.717, 1.165) is 5.56 Å². The van der Waals surface area contributed by atoms with Gasteiger partial charge in [0.1, 0.15) is 5.82 Å². The van der Waals surface area contributed by atoms with Crippen LogP contribution in [0.1, 0.15) is 22.3 Å². The third-order valence-corrected chi connectivity index (χ3v) is 4.08. The molecule has 0 aliphatic carbocycles. The number of nitrogens with zero attached hydrogens (tertiary/aromatic N) is 1. The normalized spacial score (nSPS) is 16.8. The highest BCUT2D eigenvalue weighted by Crippen LogP contribution is 2.16. The summed E-state index contributed by atoms with van der Waals surface area (Å²) in [6.45, 7) is 0.669. The minimum atomic E-state index is -0.715. The number of nitrogens with one attached hydrogen (secondary N) is 1. The van der Waals surface area contributed by atoms with Crippen molar-refractivity contribution in [2.24, 2.45) is 0 Å². The van der Waals surface area contributed by atoms with Crippen molar-refractivity contribution in [2.45, 2.75) is 19.0 Å². The van der Waals surface area contributed by atoms with E-state index in [2.05, 4.69) is 5.32 Å². The number of benzene rings is 2. The second-order valence-corrected chi connectivity index (χ2v) is 5.97. The lowest BCUT2D eigenvalue weighted by Gasteiger charge is -2.17. The van der Waals surface area contributed by atoms with Crippen LogP contribution in [0.4, 0.5) is 4.39 Å². The molecule has 3 rings (SSSR count). The Labute approximate surface area is 144 Å². The Morgan fingerprint density at radius 3 is 2.44 bits per heavy atom. The van der Waals surface area contributed by atoms with Crippen molar-refractivity contribution in [3.8, 4) is 0 Å². The summed E-state index contributed by atoms with van der Waals surface area (Å²) in [5.74, 6) is -1.78. The van der Waals surface area contributed by atoms with E-state index in [9.17, 15) is 18.8 Å². The number of halogens is 1. The maximum absolute atomic E-state index is 12.9. The molecule has 2 aromatic rings. The van der Waals surface area contributed by atoms with Crippen LogP contribution >= 0.6 is 0 Å². The highest BCUT2D eigenvalue weighted by Gasteiger charge is 2.31. The van der Waals surface area contributed by atoms with Gasteiger partial charge in [-0.1, -0.05) is 42.5 Å². The lowest BCUT2D eigenvalue weighted by Crippen LogP contribution is -2.40. The summed E-state index contributed by atoms with van der Waals surface area (Å²) in [4.78, 5) is 37.8. The monoisotopic (exact) mass is 340 g/mol. The summed E-state index contributed by atoms with van der Waals surface area (Å²) in [7, 11) is 0. The fraction of sp³-hybridized carbons (Fsp3) is 0.211. The van der Waals surface area contributed by atoms with Crippen molar-refractivity contribution in [3.05, 3.63) is 71.5 Å². The number of likely N-dealkylation sites (tertiary alicyclic amines) is 1. The molecule has 0 aromatic heterocycles. The summed E-state index contributed by atoms with van der Waals surface area (Å²) >= 11 is 0. The zero-order chi connectivity index (χ0) is 17.8. The van der Waals surface area contributed by atoms with Crippen molar-refractivity contribution >= 4 is 17.6 Å². The minimum Gasteiger partial charge on any atom is -0.344 e. The number of hydrogen-bond donors (Lipinski definition) is 1. The molecule has 1 heterocycles. The molecule has 0 unspecified atom stereocenters. The maximum Gasteiger partial charge on any atom is 0.292 e. The number of hydrogen-bond acceptors (Lipinski definition) is 3. The molecule has 25 heavy (non-hydrogen) atoms. The summed E-state index contributed by atoms with van der Waals surface area (Å²) in [5, 5.41) is 2.62. The SMILES string of the molecule is O=C(N[C@H]1CC(=O)N(Cc2ccc(F)cc2)C1)C(=O)c1ccccc1. The summed E-state index contributed by atoms with van der Waals surface area (Å²) in [6.07, 6.45) is 0.148. The predicted octanol–water partition coefficient (Wildman–Crippen LogP) is 1.93. The Morgan fingerprint density at radius 2 is 1.76 bits per heavy atom. The molecule has 0 radical (unpaired) electrons. The molecule has 1 N–H and O–H groups in total. The molecule has 128 valence electrons. The predicted molar refractivity (Wildman–Crippen MR) is 89.1 cm³/mol. The third kappa shape index (κ3) is 4.09. The van der Waals surface area contributed by atoms with Crippen molar-refractivity contribution in [3.63, 3.8) is 0 Å². The standard InChI is InChI=1S/C19H17FN2O3/c20-15-8-6-13(7-9-15)11-22-12-16(10-17(22)23)21-19(25)18(24)14-4-2-1-3-5-14/h1-9,16H,10-12H2,(H,21,25)/t16-/m0/s1. The largest absolute Gasteiger partial charge is 0.344 e. The fourth-order valence-corrected chi connectivity index (χ4v) is 2.80. The van der Waals surface area contributed by atoms with E-state index in [-0.39, 0.29) is 18.1 Å². The van der Waals surface area contributed by atoms with Crippen LogP contribution in [0.25, 0.3) is 0 Å². The van der Waals surface area contributed by atoms with Gasteiger partial charge in [-0.2, -0.15) is 0 Å². The molecular formula is C19H17FN2O3. The fourth-order valence-electron chi connectivity index (χ4n) is 2.80. The smallest absolute Gasteiger partial charge is 0.292 e. The number of ketones is 1. The van der Waals surface area contributed by atoms with Gasteiger partial charge in [-0.05, 0) is 17.7 Å². The van der Waals surface area contributed by atoms with Gasteiger partial charge >= 0.3 is 0 Å². The lowest BCUT2D eigenvalue weighted by atomic mass is 10.1. The van der Waals surface area contributed by atoms with Crippen molar-refractivity contribution in [1.29, 1.82) is 0 Å². The summed E-state index contributed by atoms with van der Waals surface area (Å²) in [5.41, 5.74) is 1.12. The average molecular weight is 340 g/mol. The third-order valence-electron chi connectivity index (χ3n) is 4.08. The van der Waals surface area contributed by atoms with Gasteiger partial charge in [-0.3, -0.25) is 14.4 Å². The molecule has 1 aliphatic heterocycles. The molecular weight excluding hydrogens is 323 g/mol. The Balaban J connectivity index is 1.58. The topological polar surface area (TPSA) is 66.5 Å². The van der Waals surface area contributed by atoms with Gasteiger partial charge in [0.2, 0.25) is 11.7 Å². The van der Waals surface area contributed by atoms with Crippen LogP contribution in [0, 0.1) is 5.82 Å². The van der Waals surface area contributed by atoms with Gasteiger partial charge < -0.3 is 10.2 Å². The second-order valence-electron chi connectivity index (χ2n) is 5.97. The molecule has 1 atom stereocenters. The molecule has 1 fully saturated rings. The first kappa shape index (κ1) is 16.8. The van der Waals surface area contributed by atoms with Gasteiger partial charge in [0, 0.05) is 25.1 Å². The Kier molecular flexibility index (Phi) is 4.88. The highest BCUT2D eigenvalue weighted by atomic mass is 19.1. The maximum atomic E-state index is 12.9. The van der Waals surface area contributed by atoms with E-state index in [0.29, 0.717) is 18.7 Å². The van der Waals surface area contributed by atoms with Gasteiger partial charge in [0.05, 0.1) is 6.04 Å². The van der Waals surface area contributed by atoms with Gasteiger partial charge in [-0.15, -0.1) is 0 Å². The zero-order valence-electron chi connectivity index (χ0n) is 13.4. The van der Waals surface area contributed by atoms with E-state index in [4.69, 9.17) is 0 Å². The van der Waals surface area contributed by atoms with Gasteiger partial charge in [0.15, 0.2) is 0 Å². The molecule has 1 saturated heterocycles. The molecule has 0 spiro atoms. The Bertz CT molecular complexity index is 790. The van der Waals surface area contributed by atoms with Crippen molar-refractivity contribution < 1.29 is 18.8 Å². The zero-order valence-corrected chi connectivity index (χ0v) is 13.4. The van der Waals surface area contributed by atoms with Crippen LogP contribution in [0.3, 0.4) is 0 Å². The van der Waals surface area contributed by atoms with Crippen LogP contribution in [-0.2, 0) is 16.1 Å². The first-order chi connectivity index (χ1) is 12.0. The van der Waals surface area contributed by atoms with Crippen molar-refractivity contribution in [1.82, 2.24) is 10.2 Å². The van der Waals surface area contributed by atoms with Gasteiger partial charge in [-0.25, -0.2) is 4.39 Å². The van der Waals surface area contributed by atoms with Crippen LogP contribution < -0.4 is 5.32 Å². The number of Topliss-reactive ketones (excluding diaryl/α,β-unsaturated/α-hetero) is 1. The van der Waals surface area contributed by atoms with E-state index in [1.165, 1.54) is 12.1 Å². The molecule has 0 bridgehead atoms. The summed E-state index contributed by atoms with van der Waals surface area (Å²) < 4.78 is 12.9. The minimum absolute atomic E-state index is 0.109. The molecule has 5 nitrogen and oxygen atoms in total. The quantitative estimate of drug-likeness (QED) is 0.668. The van der Waals surface area contributed by atoms with E-state index in [1.807, 2.05) is 0 Å². The highest BCUT2D eigenvalue weighted by molar-refractivity contribution is 6.42. The molecule has 0 saturated carbocycles. The average Bonchev–Trinajstić information content (AvgIpc) is 2.96. The van der Waals surface area contributed by atoms with Crippen molar-refractivity contribution in [2.75, 3.05) is 6.54 Å². The molecule has 6 heteroatoms. The van der Waals surface area contributed by atoms with Crippen LogP contribution in [0.2, 0.25) is 0 Å². The second kappa shape index (κ2) is 7.25. The molecule has 2 amide bonds. The number of carbonyl (C=O) groups excluding carboxylic acids is 3. The van der Waals surface area contributed by atoms with Crippen LogP contribution in [0.5, 0.6) is 0 Å². The Morgan fingerprint density at radius 1 is 1.08 bits per heavy atom. The lowest BCUT2D eigenvalue weighted by molar-refractivity contribution is -0.128. The van der Waals surface area contributed by atoms with Crippen LogP contribution in [-0.4, -0.2) is 35.1 Å². The van der Waals surface area contributed by atoms with E-state index in [1.54, 1.807) is 47.4 Å². The molecule has 2 aromatic carbocycles. The summed E-state index contributed by atoms with van der Waals surface area (Å²) in [6, 6.07) is 13.8.